The van der Waals surface area contributed by atoms with E-state index in [2.05, 4.69) is 5.32 Å². The average molecular weight is 414 g/mol. The van der Waals surface area contributed by atoms with Crippen molar-refractivity contribution in [1.29, 1.82) is 0 Å². The van der Waals surface area contributed by atoms with Gasteiger partial charge >= 0.3 is 11.9 Å². The SMILES string of the molecule is COC(=O)[C@H](Cc1ccc(O)c(O)c1)NCCOC(=O)c1ccc(F)cc1.Cl. The molecule has 152 valence electrons. The Bertz CT molecular complexity index is 800. The monoisotopic (exact) mass is 413 g/mol. The van der Waals surface area contributed by atoms with Gasteiger partial charge in [0.15, 0.2) is 11.5 Å². The van der Waals surface area contributed by atoms with Crippen LogP contribution in [0, 0.1) is 5.82 Å². The van der Waals surface area contributed by atoms with Crippen LogP contribution in [-0.4, -0.2) is 48.5 Å². The Hall–Kier alpha value is -2.84. The third kappa shape index (κ3) is 6.71. The Kier molecular flexibility index (Phi) is 9.20. The Morgan fingerprint density at radius 2 is 1.79 bits per heavy atom. The Balaban J connectivity index is 0.00000392. The summed E-state index contributed by atoms with van der Waals surface area (Å²) in [6.07, 6.45) is 0.201. The molecule has 0 spiro atoms. The van der Waals surface area contributed by atoms with Gasteiger partial charge in [-0.2, -0.15) is 0 Å². The van der Waals surface area contributed by atoms with Gasteiger partial charge < -0.3 is 25.0 Å². The van der Waals surface area contributed by atoms with E-state index in [1.165, 1.54) is 31.4 Å². The molecule has 2 aromatic carbocycles. The largest absolute Gasteiger partial charge is 0.504 e. The molecular formula is C19H21ClFNO6. The summed E-state index contributed by atoms with van der Waals surface area (Å²) in [5, 5.41) is 21.8. The molecule has 7 nitrogen and oxygen atoms in total. The van der Waals surface area contributed by atoms with Gasteiger partial charge in [0.05, 0.1) is 12.7 Å². The van der Waals surface area contributed by atoms with Crippen LogP contribution in [0.1, 0.15) is 15.9 Å². The molecule has 0 aliphatic carbocycles. The predicted octanol–water partition coefficient (Wildman–Crippen LogP) is 2.19. The molecule has 0 fully saturated rings. The minimum absolute atomic E-state index is 0. The maximum Gasteiger partial charge on any atom is 0.338 e. The van der Waals surface area contributed by atoms with E-state index in [0.29, 0.717) is 5.56 Å². The number of hydrogen-bond donors (Lipinski definition) is 3. The van der Waals surface area contributed by atoms with Crippen LogP contribution in [0.5, 0.6) is 11.5 Å². The first-order valence-corrected chi connectivity index (χ1v) is 8.15. The third-order valence-corrected chi connectivity index (χ3v) is 3.77. The summed E-state index contributed by atoms with van der Waals surface area (Å²) in [6.45, 7) is 0.168. The number of halogens is 2. The number of methoxy groups -OCH3 is 1. The van der Waals surface area contributed by atoms with Crippen molar-refractivity contribution >= 4 is 24.3 Å². The van der Waals surface area contributed by atoms with E-state index in [1.54, 1.807) is 6.07 Å². The maximum atomic E-state index is 12.8. The zero-order valence-corrected chi connectivity index (χ0v) is 15.9. The number of ether oxygens (including phenoxy) is 2. The molecule has 0 saturated heterocycles. The van der Waals surface area contributed by atoms with Gasteiger partial charge in [-0.1, -0.05) is 6.07 Å². The van der Waals surface area contributed by atoms with Gasteiger partial charge in [-0.15, -0.1) is 12.4 Å². The zero-order valence-electron chi connectivity index (χ0n) is 15.1. The fourth-order valence-electron chi connectivity index (χ4n) is 2.36. The molecule has 0 aromatic heterocycles. The van der Waals surface area contributed by atoms with E-state index in [0.717, 1.165) is 12.1 Å². The van der Waals surface area contributed by atoms with Crippen molar-refractivity contribution in [1.82, 2.24) is 5.32 Å². The molecule has 2 aromatic rings. The zero-order chi connectivity index (χ0) is 19.8. The van der Waals surface area contributed by atoms with Crippen LogP contribution in [-0.2, 0) is 20.7 Å². The summed E-state index contributed by atoms with van der Waals surface area (Å²) in [4.78, 5) is 23.7. The number of carbonyl (C=O) groups excluding carboxylic acids is 2. The summed E-state index contributed by atoms with van der Waals surface area (Å²) in [5.41, 5.74) is 0.831. The van der Waals surface area contributed by atoms with E-state index in [1.807, 2.05) is 0 Å². The first-order valence-electron chi connectivity index (χ1n) is 8.15. The van der Waals surface area contributed by atoms with E-state index in [4.69, 9.17) is 9.47 Å². The molecule has 0 amide bonds. The van der Waals surface area contributed by atoms with Crippen LogP contribution in [0.25, 0.3) is 0 Å². The van der Waals surface area contributed by atoms with Gasteiger partial charge in [0.25, 0.3) is 0 Å². The number of esters is 2. The second kappa shape index (κ2) is 11.1. The normalized spacial score (nSPS) is 11.2. The molecule has 9 heteroatoms. The molecule has 2 rings (SSSR count). The Morgan fingerprint density at radius 1 is 1.11 bits per heavy atom. The smallest absolute Gasteiger partial charge is 0.338 e. The lowest BCUT2D eigenvalue weighted by Gasteiger charge is -2.17. The number of hydrogen-bond acceptors (Lipinski definition) is 7. The predicted molar refractivity (Wildman–Crippen MR) is 101 cm³/mol. The summed E-state index contributed by atoms with van der Waals surface area (Å²) in [7, 11) is 1.25. The van der Waals surface area contributed by atoms with Crippen molar-refractivity contribution in [3.8, 4) is 11.5 Å². The van der Waals surface area contributed by atoms with Crippen molar-refractivity contribution < 1.29 is 33.7 Å². The number of phenols is 2. The number of aromatic hydroxyl groups is 2. The van der Waals surface area contributed by atoms with E-state index in [-0.39, 0.29) is 49.0 Å². The van der Waals surface area contributed by atoms with Crippen molar-refractivity contribution in [3.05, 3.63) is 59.4 Å². The lowest BCUT2D eigenvalue weighted by Crippen LogP contribution is -2.41. The van der Waals surface area contributed by atoms with Crippen LogP contribution in [0.4, 0.5) is 4.39 Å². The molecule has 28 heavy (non-hydrogen) atoms. The molecule has 0 unspecified atom stereocenters. The van der Waals surface area contributed by atoms with Crippen molar-refractivity contribution in [2.24, 2.45) is 0 Å². The second-order valence-corrected chi connectivity index (χ2v) is 5.70. The molecule has 0 aliphatic rings. The molecule has 0 aliphatic heterocycles. The van der Waals surface area contributed by atoms with E-state index in [9.17, 15) is 24.2 Å². The minimum atomic E-state index is -0.733. The van der Waals surface area contributed by atoms with Gasteiger partial charge in [-0.3, -0.25) is 4.79 Å². The number of nitrogens with one attached hydrogen (secondary N) is 1. The Morgan fingerprint density at radius 3 is 2.39 bits per heavy atom. The van der Waals surface area contributed by atoms with Crippen LogP contribution in [0.3, 0.4) is 0 Å². The molecule has 3 N–H and O–H groups in total. The first kappa shape index (κ1) is 23.2. The molecular weight excluding hydrogens is 393 g/mol. The highest BCUT2D eigenvalue weighted by atomic mass is 35.5. The minimum Gasteiger partial charge on any atom is -0.504 e. The first-order chi connectivity index (χ1) is 12.9. The second-order valence-electron chi connectivity index (χ2n) is 5.70. The number of carbonyl (C=O) groups is 2. The van der Waals surface area contributed by atoms with Gasteiger partial charge in [-0.25, -0.2) is 9.18 Å². The molecule has 0 bridgehead atoms. The van der Waals surface area contributed by atoms with Crippen LogP contribution >= 0.6 is 12.4 Å². The summed E-state index contributed by atoms with van der Waals surface area (Å²) >= 11 is 0. The fourth-order valence-corrected chi connectivity index (χ4v) is 2.36. The average Bonchev–Trinajstić information content (AvgIpc) is 2.66. The van der Waals surface area contributed by atoms with Gasteiger partial charge in [0.2, 0.25) is 0 Å². The van der Waals surface area contributed by atoms with Crippen molar-refractivity contribution in [2.45, 2.75) is 12.5 Å². The maximum absolute atomic E-state index is 12.8. The quantitative estimate of drug-likeness (QED) is 0.346. The lowest BCUT2D eigenvalue weighted by molar-refractivity contribution is -0.143. The van der Waals surface area contributed by atoms with Gasteiger partial charge in [0.1, 0.15) is 18.5 Å². The van der Waals surface area contributed by atoms with Crippen molar-refractivity contribution in [2.75, 3.05) is 20.3 Å². The molecule has 1 atom stereocenters. The summed E-state index contributed by atoms with van der Waals surface area (Å²) in [6, 6.07) is 8.47. The molecule has 0 radical (unpaired) electrons. The van der Waals surface area contributed by atoms with Crippen LogP contribution < -0.4 is 5.32 Å². The highest BCUT2D eigenvalue weighted by molar-refractivity contribution is 5.89. The molecule has 0 saturated carbocycles. The van der Waals surface area contributed by atoms with E-state index >= 15 is 0 Å². The fraction of sp³-hybridized carbons (Fsp3) is 0.263. The highest BCUT2D eigenvalue weighted by Crippen LogP contribution is 2.25. The highest BCUT2D eigenvalue weighted by Gasteiger charge is 2.20. The number of rotatable bonds is 8. The number of phenolic OH excluding ortho intramolecular Hbond substituents is 2. The topological polar surface area (TPSA) is 105 Å². The standard InChI is InChI=1S/C19H20FNO6.ClH/c1-26-19(25)15(10-12-2-7-16(22)17(23)11-12)21-8-9-27-18(24)13-3-5-14(20)6-4-13;/h2-7,11,15,21-23H,8-10H2,1H3;1H/t15-;/m0./s1. The van der Waals surface area contributed by atoms with Gasteiger partial charge in [0, 0.05) is 6.54 Å². The van der Waals surface area contributed by atoms with Crippen LogP contribution in [0.15, 0.2) is 42.5 Å². The Labute approximate surface area is 167 Å². The van der Waals surface area contributed by atoms with Crippen molar-refractivity contribution in [3.63, 3.8) is 0 Å². The summed E-state index contributed by atoms with van der Waals surface area (Å²) in [5.74, 6) is -2.12. The lowest BCUT2D eigenvalue weighted by atomic mass is 10.1. The van der Waals surface area contributed by atoms with Crippen LogP contribution in [0.2, 0.25) is 0 Å². The summed E-state index contributed by atoms with van der Waals surface area (Å²) < 4.78 is 22.7. The third-order valence-electron chi connectivity index (χ3n) is 3.77. The number of benzene rings is 2. The van der Waals surface area contributed by atoms with E-state index < -0.39 is 23.8 Å². The van der Waals surface area contributed by atoms with Gasteiger partial charge in [-0.05, 0) is 48.4 Å². The molecule has 0 heterocycles.